The second kappa shape index (κ2) is 9.88. The Kier molecular flexibility index (Phi) is 7.24. The fourth-order valence-electron chi connectivity index (χ4n) is 3.40. The summed E-state index contributed by atoms with van der Waals surface area (Å²) in [6, 6.07) is 5.80. The van der Waals surface area contributed by atoms with Gasteiger partial charge in [-0.3, -0.25) is 14.5 Å². The average Bonchev–Trinajstić information content (AvgIpc) is 3.04. The highest BCUT2D eigenvalue weighted by atomic mass is 32.1. The average molecular weight is 446 g/mol. The van der Waals surface area contributed by atoms with Crippen LogP contribution in [0.15, 0.2) is 24.4 Å². The van der Waals surface area contributed by atoms with Crippen LogP contribution in [0.25, 0.3) is 0 Å². The molecule has 0 atom stereocenters. The van der Waals surface area contributed by atoms with E-state index in [2.05, 4.69) is 15.2 Å². The molecule has 166 valence electrons. The number of anilines is 2. The van der Waals surface area contributed by atoms with Gasteiger partial charge in [0.1, 0.15) is 10.8 Å². The van der Waals surface area contributed by atoms with Gasteiger partial charge in [-0.1, -0.05) is 6.07 Å². The van der Waals surface area contributed by atoms with Crippen LogP contribution in [0.3, 0.4) is 0 Å². The van der Waals surface area contributed by atoms with Gasteiger partial charge in [0.2, 0.25) is 5.91 Å². The molecule has 2 aromatic rings. The van der Waals surface area contributed by atoms with Crippen LogP contribution < -0.4 is 16.0 Å². The number of pyridine rings is 1. The van der Waals surface area contributed by atoms with Gasteiger partial charge in [0.15, 0.2) is 0 Å². The van der Waals surface area contributed by atoms with Crippen LogP contribution in [0.1, 0.15) is 39.4 Å². The Balaban J connectivity index is 1.64. The molecule has 0 aromatic carbocycles. The number of carbonyl (C=O) groups excluding carboxylic acids is 3. The molecule has 1 aliphatic heterocycles. The quantitative estimate of drug-likeness (QED) is 0.625. The fourth-order valence-corrected chi connectivity index (χ4v) is 4.46. The molecule has 0 saturated carbocycles. The number of ether oxygens (including phenoxy) is 1. The van der Waals surface area contributed by atoms with E-state index in [9.17, 15) is 14.4 Å². The van der Waals surface area contributed by atoms with E-state index in [-0.39, 0.29) is 34.0 Å². The van der Waals surface area contributed by atoms with E-state index in [1.807, 2.05) is 23.1 Å². The lowest BCUT2D eigenvalue weighted by atomic mass is 10.1. The van der Waals surface area contributed by atoms with Crippen molar-refractivity contribution in [1.29, 1.82) is 0 Å². The van der Waals surface area contributed by atoms with Gasteiger partial charge in [-0.05, 0) is 38.5 Å². The third kappa shape index (κ3) is 5.59. The first kappa shape index (κ1) is 22.7. The first-order chi connectivity index (χ1) is 14.8. The summed E-state index contributed by atoms with van der Waals surface area (Å²) >= 11 is 0.995. The lowest BCUT2D eigenvalue weighted by Crippen LogP contribution is -2.48. The van der Waals surface area contributed by atoms with Gasteiger partial charge in [-0.15, -0.1) is 11.3 Å². The molecule has 2 amide bonds. The minimum atomic E-state index is -0.646. The maximum absolute atomic E-state index is 12.7. The van der Waals surface area contributed by atoms with E-state index in [1.54, 1.807) is 27.0 Å². The number of esters is 1. The van der Waals surface area contributed by atoms with Crippen LogP contribution in [0.4, 0.5) is 10.8 Å². The molecule has 0 bridgehead atoms. The molecule has 31 heavy (non-hydrogen) atoms. The van der Waals surface area contributed by atoms with Crippen molar-refractivity contribution in [2.24, 2.45) is 5.73 Å². The monoisotopic (exact) mass is 445 g/mol. The van der Waals surface area contributed by atoms with E-state index in [0.29, 0.717) is 18.7 Å². The minimum Gasteiger partial charge on any atom is -0.459 e. The molecule has 1 aliphatic rings. The Morgan fingerprint density at radius 2 is 1.94 bits per heavy atom. The SMILES string of the molecule is Cc1c(C(N)=O)sc(NC(=O)CN2CCN(c3ccccn3)CC2)c1C(=O)OC(C)C. The zero-order chi connectivity index (χ0) is 22.5. The van der Waals surface area contributed by atoms with Gasteiger partial charge < -0.3 is 20.7 Å². The zero-order valence-electron chi connectivity index (χ0n) is 17.9. The summed E-state index contributed by atoms with van der Waals surface area (Å²) in [7, 11) is 0. The lowest BCUT2D eigenvalue weighted by Gasteiger charge is -2.34. The zero-order valence-corrected chi connectivity index (χ0v) is 18.7. The van der Waals surface area contributed by atoms with Crippen LogP contribution in [0.2, 0.25) is 0 Å². The van der Waals surface area contributed by atoms with E-state index >= 15 is 0 Å². The standard InChI is InChI=1S/C21H27N5O4S/c1-13(2)30-21(29)17-14(3)18(19(22)28)31-20(17)24-16(27)12-25-8-10-26(11-9-25)15-6-4-5-7-23-15/h4-7,13H,8-12H2,1-3H3,(H2,22,28)(H,24,27). The molecule has 10 heteroatoms. The van der Waals surface area contributed by atoms with Gasteiger partial charge in [0, 0.05) is 32.4 Å². The summed E-state index contributed by atoms with van der Waals surface area (Å²) in [4.78, 5) is 45.8. The molecule has 3 heterocycles. The van der Waals surface area contributed by atoms with Crippen molar-refractivity contribution in [3.05, 3.63) is 40.4 Å². The van der Waals surface area contributed by atoms with Crippen molar-refractivity contribution in [1.82, 2.24) is 9.88 Å². The van der Waals surface area contributed by atoms with Crippen molar-refractivity contribution in [2.75, 3.05) is 42.9 Å². The molecule has 1 saturated heterocycles. The van der Waals surface area contributed by atoms with Crippen molar-refractivity contribution >= 4 is 39.9 Å². The first-order valence-electron chi connectivity index (χ1n) is 10.1. The predicted octanol–water partition coefficient (Wildman–Crippen LogP) is 1.88. The van der Waals surface area contributed by atoms with Crippen molar-refractivity contribution < 1.29 is 19.1 Å². The number of primary amides is 1. The summed E-state index contributed by atoms with van der Waals surface area (Å²) in [5.41, 5.74) is 6.03. The molecule has 9 nitrogen and oxygen atoms in total. The number of hydrogen-bond donors (Lipinski definition) is 2. The number of thiophene rings is 1. The fraction of sp³-hybridized carbons (Fsp3) is 0.429. The number of aromatic nitrogens is 1. The Labute approximate surface area is 185 Å². The lowest BCUT2D eigenvalue weighted by molar-refractivity contribution is -0.117. The first-order valence-corrected chi connectivity index (χ1v) is 10.9. The van der Waals surface area contributed by atoms with Gasteiger partial charge in [0.05, 0.1) is 23.1 Å². The number of nitrogens with two attached hydrogens (primary N) is 1. The molecular formula is C21H27N5O4S. The maximum atomic E-state index is 12.7. The topological polar surface area (TPSA) is 118 Å². The largest absolute Gasteiger partial charge is 0.459 e. The van der Waals surface area contributed by atoms with Gasteiger partial charge >= 0.3 is 5.97 Å². The molecule has 0 aliphatic carbocycles. The van der Waals surface area contributed by atoms with Crippen LogP contribution in [-0.4, -0.2) is 66.5 Å². The highest BCUT2D eigenvalue weighted by Crippen LogP contribution is 2.33. The van der Waals surface area contributed by atoms with Crippen LogP contribution in [0.5, 0.6) is 0 Å². The Hall–Kier alpha value is -2.98. The van der Waals surface area contributed by atoms with E-state index in [0.717, 1.165) is 30.2 Å². The molecule has 0 unspecified atom stereocenters. The molecule has 2 aromatic heterocycles. The number of hydrogen-bond acceptors (Lipinski definition) is 8. The molecule has 3 rings (SSSR count). The molecule has 0 radical (unpaired) electrons. The van der Waals surface area contributed by atoms with Gasteiger partial charge in [-0.2, -0.15) is 0 Å². The van der Waals surface area contributed by atoms with Gasteiger partial charge in [-0.25, -0.2) is 9.78 Å². The number of nitrogens with zero attached hydrogens (tertiary/aromatic N) is 3. The Bertz CT molecular complexity index is 952. The molecular weight excluding hydrogens is 418 g/mol. The number of piperazine rings is 1. The number of amides is 2. The van der Waals surface area contributed by atoms with Gasteiger partial charge in [0.25, 0.3) is 5.91 Å². The second-order valence-corrected chi connectivity index (χ2v) is 8.60. The van der Waals surface area contributed by atoms with E-state index in [1.165, 1.54) is 0 Å². The van der Waals surface area contributed by atoms with Crippen LogP contribution >= 0.6 is 11.3 Å². The minimum absolute atomic E-state index is 0.178. The predicted molar refractivity (Wildman–Crippen MR) is 120 cm³/mol. The number of carbonyl (C=O) groups is 3. The smallest absolute Gasteiger partial charge is 0.341 e. The highest BCUT2D eigenvalue weighted by Gasteiger charge is 2.27. The van der Waals surface area contributed by atoms with Crippen molar-refractivity contribution in [3.63, 3.8) is 0 Å². The Morgan fingerprint density at radius 3 is 2.52 bits per heavy atom. The molecule has 1 fully saturated rings. The number of nitrogens with one attached hydrogen (secondary N) is 1. The molecule has 3 N–H and O–H groups in total. The highest BCUT2D eigenvalue weighted by molar-refractivity contribution is 7.18. The third-order valence-corrected chi connectivity index (χ3v) is 6.10. The summed E-state index contributed by atoms with van der Waals surface area (Å²) in [6.45, 7) is 8.22. The normalized spacial score (nSPS) is 14.5. The van der Waals surface area contributed by atoms with Crippen LogP contribution in [-0.2, 0) is 9.53 Å². The summed E-state index contributed by atoms with van der Waals surface area (Å²) in [5, 5.41) is 3.06. The third-order valence-electron chi connectivity index (χ3n) is 4.88. The summed E-state index contributed by atoms with van der Waals surface area (Å²) < 4.78 is 5.28. The number of rotatable bonds is 7. The van der Waals surface area contributed by atoms with E-state index < -0.39 is 11.9 Å². The summed E-state index contributed by atoms with van der Waals surface area (Å²) in [6.07, 6.45) is 1.43. The second-order valence-electron chi connectivity index (χ2n) is 7.58. The van der Waals surface area contributed by atoms with Crippen molar-refractivity contribution in [3.8, 4) is 0 Å². The van der Waals surface area contributed by atoms with E-state index in [4.69, 9.17) is 10.5 Å². The van der Waals surface area contributed by atoms with Crippen molar-refractivity contribution in [2.45, 2.75) is 26.9 Å². The maximum Gasteiger partial charge on any atom is 0.341 e. The Morgan fingerprint density at radius 1 is 1.23 bits per heavy atom. The molecule has 0 spiro atoms. The summed E-state index contributed by atoms with van der Waals surface area (Å²) in [5.74, 6) is -0.571. The van der Waals surface area contributed by atoms with Crippen LogP contribution in [0, 0.1) is 6.92 Å².